The van der Waals surface area contributed by atoms with E-state index < -0.39 is 0 Å². The topological polar surface area (TPSA) is 27.7 Å². The number of hydrogen-bond acceptors (Lipinski definition) is 3. The molecule has 0 rings (SSSR count). The van der Waals surface area contributed by atoms with E-state index in [1.165, 1.54) is 44.9 Å². The number of hydrogen-bond donors (Lipinski definition) is 0. The van der Waals surface area contributed by atoms with Crippen molar-refractivity contribution < 1.29 is 14.2 Å². The predicted octanol–water partition coefficient (Wildman–Crippen LogP) is 17.1. The fourth-order valence-corrected chi connectivity index (χ4v) is 3.13. The largest absolute Gasteiger partial charge is 0.379 e. The van der Waals surface area contributed by atoms with Gasteiger partial charge in [0.1, 0.15) is 6.10 Å². The maximum absolute atomic E-state index is 5.40. The van der Waals surface area contributed by atoms with Crippen LogP contribution in [0.2, 0.25) is 0 Å². The van der Waals surface area contributed by atoms with E-state index >= 15 is 0 Å². The first kappa shape index (κ1) is 96.7. The smallest absolute Gasteiger partial charge is 0.104 e. The first-order valence-electron chi connectivity index (χ1n) is 15.5. The van der Waals surface area contributed by atoms with Gasteiger partial charge in [0, 0.05) is 19.8 Å². The summed E-state index contributed by atoms with van der Waals surface area (Å²) in [5.74, 6) is 0. The molecular formula is C41H112O3. The lowest BCUT2D eigenvalue weighted by Gasteiger charge is -2.28. The summed E-state index contributed by atoms with van der Waals surface area (Å²) < 4.78 is 15.9. The fourth-order valence-electron chi connectivity index (χ4n) is 3.13. The second kappa shape index (κ2) is 84.2. The molecule has 0 atom stereocenters. The van der Waals surface area contributed by atoms with Crippen molar-refractivity contribution in [2.45, 2.75) is 236 Å². The molecule has 0 aromatic rings. The maximum atomic E-state index is 5.40. The molecule has 0 bridgehead atoms. The van der Waals surface area contributed by atoms with Crippen LogP contribution in [-0.2, 0) is 14.2 Å². The van der Waals surface area contributed by atoms with Gasteiger partial charge in [-0.25, -0.2) is 0 Å². The molecule has 0 spiro atoms. The SMILES string of the molecule is C.C.C.C.C.C.C.C.C.CC.CC.CC.CCC(C)(CC)CC.CCC(CC)(CC)CC.CCOCC(COCC)OCC. The van der Waals surface area contributed by atoms with Gasteiger partial charge in [-0.15, -0.1) is 0 Å². The minimum atomic E-state index is 0. The van der Waals surface area contributed by atoms with Crippen molar-refractivity contribution in [1.29, 1.82) is 0 Å². The molecule has 0 N–H and O–H groups in total. The lowest BCUT2D eigenvalue weighted by atomic mass is 9.78. The van der Waals surface area contributed by atoms with Crippen molar-refractivity contribution in [2.75, 3.05) is 33.0 Å². The zero-order valence-corrected chi connectivity index (χ0v) is 28.3. The average Bonchev–Trinajstić information content (AvgIpc) is 2.95. The summed E-state index contributed by atoms with van der Waals surface area (Å²) >= 11 is 0. The number of ether oxygens (including phenoxy) is 3. The van der Waals surface area contributed by atoms with Crippen LogP contribution in [0.25, 0.3) is 0 Å². The predicted molar refractivity (Wildman–Crippen MR) is 226 cm³/mol. The molecule has 0 radical (unpaired) electrons. The van der Waals surface area contributed by atoms with Crippen LogP contribution in [-0.4, -0.2) is 39.1 Å². The van der Waals surface area contributed by atoms with E-state index in [1.807, 2.05) is 62.3 Å². The molecule has 0 fully saturated rings. The zero-order valence-electron chi connectivity index (χ0n) is 28.3. The van der Waals surface area contributed by atoms with Crippen LogP contribution >= 0.6 is 0 Å². The highest BCUT2D eigenvalue weighted by Gasteiger charge is 2.20. The van der Waals surface area contributed by atoms with Crippen molar-refractivity contribution in [3.8, 4) is 0 Å². The number of rotatable bonds is 15. The Balaban J connectivity index is -0.0000000187. The minimum absolute atomic E-state index is 0. The third-order valence-electron chi connectivity index (χ3n) is 6.98. The van der Waals surface area contributed by atoms with Gasteiger partial charge in [0.2, 0.25) is 0 Å². The summed E-state index contributed by atoms with van der Waals surface area (Å²) in [6, 6.07) is 0. The van der Waals surface area contributed by atoms with Crippen LogP contribution in [0.15, 0.2) is 0 Å². The van der Waals surface area contributed by atoms with E-state index in [0.29, 0.717) is 30.7 Å². The lowest BCUT2D eigenvalue weighted by molar-refractivity contribution is -0.0524. The summed E-state index contributed by atoms with van der Waals surface area (Å²) in [4.78, 5) is 0. The van der Waals surface area contributed by atoms with E-state index in [9.17, 15) is 0 Å². The quantitative estimate of drug-likeness (QED) is 0.176. The molecule has 0 heterocycles. The standard InChI is InChI=1S/C9H20O3.C9H20.C8H18.3C2H6.9CH4/c1-4-10-7-9(12-6-3)8-11-5-2;1-5-9(6-2,7-3)8-4;1-5-8(4,6-2)7-3;3*1-2;;;;;;;;;/h9H,4-8H2,1-3H3;5-8H2,1-4H3;5-7H2,1-4H3;3*1-2H3;9*1H4. The van der Waals surface area contributed by atoms with E-state index in [1.54, 1.807) is 0 Å². The van der Waals surface area contributed by atoms with Crippen LogP contribution in [0.5, 0.6) is 0 Å². The van der Waals surface area contributed by atoms with Crippen LogP contribution < -0.4 is 0 Å². The highest BCUT2D eigenvalue weighted by Crippen LogP contribution is 2.33. The normalized spacial score (nSPS) is 8.05. The Morgan fingerprint density at radius 3 is 0.705 bits per heavy atom. The second-order valence-electron chi connectivity index (χ2n) is 8.18. The van der Waals surface area contributed by atoms with E-state index in [2.05, 4.69) is 55.4 Å². The summed E-state index contributed by atoms with van der Waals surface area (Å²) in [5, 5.41) is 0. The van der Waals surface area contributed by atoms with Crippen LogP contribution in [0, 0.1) is 10.8 Å². The summed E-state index contributed by atoms with van der Waals surface area (Å²) in [6.45, 7) is 39.7. The first-order valence-corrected chi connectivity index (χ1v) is 15.5. The van der Waals surface area contributed by atoms with Gasteiger partial charge < -0.3 is 14.2 Å². The van der Waals surface area contributed by atoms with Crippen molar-refractivity contribution in [2.24, 2.45) is 10.8 Å². The highest BCUT2D eigenvalue weighted by molar-refractivity contribution is 4.72. The second-order valence-corrected chi connectivity index (χ2v) is 8.18. The molecule has 0 aliphatic rings. The third-order valence-corrected chi connectivity index (χ3v) is 6.98. The monoisotopic (exact) mass is 653 g/mol. The molecule has 0 unspecified atom stereocenters. The highest BCUT2D eigenvalue weighted by atomic mass is 16.6. The maximum Gasteiger partial charge on any atom is 0.104 e. The van der Waals surface area contributed by atoms with Crippen molar-refractivity contribution >= 4 is 0 Å². The Labute approximate surface area is 293 Å². The Bertz CT molecular complexity index is 264. The summed E-state index contributed by atoms with van der Waals surface area (Å²) in [6.07, 6.45) is 9.43. The summed E-state index contributed by atoms with van der Waals surface area (Å²) in [5.41, 5.74) is 1.29. The average molecular weight is 653 g/mol. The molecule has 0 aliphatic heterocycles. The molecule has 0 saturated carbocycles. The molecule has 0 aliphatic carbocycles. The molecule has 44 heavy (non-hydrogen) atoms. The molecular weight excluding hydrogens is 540 g/mol. The Hall–Kier alpha value is -0.120. The van der Waals surface area contributed by atoms with Gasteiger partial charge in [-0.3, -0.25) is 0 Å². The molecule has 0 aromatic carbocycles. The Morgan fingerprint density at radius 2 is 0.614 bits per heavy atom. The molecule has 0 saturated heterocycles. The Morgan fingerprint density at radius 1 is 0.386 bits per heavy atom. The van der Waals surface area contributed by atoms with E-state index in [4.69, 9.17) is 14.2 Å². The molecule has 3 nitrogen and oxygen atoms in total. The molecule has 0 aromatic heterocycles. The van der Waals surface area contributed by atoms with Crippen molar-refractivity contribution in [3.63, 3.8) is 0 Å². The van der Waals surface area contributed by atoms with Gasteiger partial charge in [-0.2, -0.15) is 0 Å². The van der Waals surface area contributed by atoms with Gasteiger partial charge >= 0.3 is 0 Å². The molecule has 294 valence electrons. The van der Waals surface area contributed by atoms with Gasteiger partial charge in [-0.1, -0.05) is 209 Å². The van der Waals surface area contributed by atoms with E-state index in [0.717, 1.165) is 13.2 Å². The van der Waals surface area contributed by atoms with Gasteiger partial charge in [0.05, 0.1) is 13.2 Å². The van der Waals surface area contributed by atoms with Gasteiger partial charge in [0.15, 0.2) is 0 Å². The zero-order chi connectivity index (χ0) is 29.2. The molecule has 3 heteroatoms. The Kier molecular flexibility index (Phi) is 185. The lowest BCUT2D eigenvalue weighted by Crippen LogP contribution is -2.25. The van der Waals surface area contributed by atoms with Gasteiger partial charge in [0.25, 0.3) is 0 Å². The molecule has 0 amide bonds. The first-order chi connectivity index (χ1) is 16.8. The summed E-state index contributed by atoms with van der Waals surface area (Å²) in [7, 11) is 0. The van der Waals surface area contributed by atoms with E-state index in [-0.39, 0.29) is 72.9 Å². The fraction of sp³-hybridized carbons (Fsp3) is 1.00. The van der Waals surface area contributed by atoms with Gasteiger partial charge in [-0.05, 0) is 31.6 Å². The van der Waals surface area contributed by atoms with Crippen LogP contribution in [0.4, 0.5) is 0 Å². The van der Waals surface area contributed by atoms with Crippen LogP contribution in [0.3, 0.4) is 0 Å². The van der Waals surface area contributed by atoms with Crippen molar-refractivity contribution in [3.05, 3.63) is 0 Å². The van der Waals surface area contributed by atoms with Crippen LogP contribution in [0.1, 0.15) is 229 Å². The van der Waals surface area contributed by atoms with Crippen molar-refractivity contribution in [1.82, 2.24) is 0 Å². The minimum Gasteiger partial charge on any atom is -0.379 e. The third kappa shape index (κ3) is 68.9.